The van der Waals surface area contributed by atoms with E-state index in [1.807, 2.05) is 0 Å². The van der Waals surface area contributed by atoms with E-state index in [0.29, 0.717) is 24.2 Å². The third-order valence-electron chi connectivity index (χ3n) is 6.95. The number of alkyl halides is 2. The molecule has 0 spiro atoms. The van der Waals surface area contributed by atoms with E-state index in [4.69, 9.17) is 15.5 Å². The monoisotopic (exact) mass is 496 g/mol. The first-order valence-corrected chi connectivity index (χ1v) is 11.3. The summed E-state index contributed by atoms with van der Waals surface area (Å²) in [6.07, 6.45) is 4.33. The second-order valence-electron chi connectivity index (χ2n) is 9.13. The highest BCUT2D eigenvalue weighted by Crippen LogP contribution is 2.49. The standard InChI is InChI=1S/C26H20F4N4O2/c27-19-4-2-1-3-17(19)26(29,30)18-6-5-14(9-20(18)28)21-22-23(31)32-7-8-34(22)24(33-21)16-12-36-25(13-35)10-15(16)11-25/h1-9,35H,10-13H2,(H2,31,32). The van der Waals surface area contributed by atoms with Crippen LogP contribution in [0.2, 0.25) is 0 Å². The fraction of sp³-hybridized carbons (Fsp3) is 0.231. The summed E-state index contributed by atoms with van der Waals surface area (Å²) in [6.45, 7) is 0.163. The van der Waals surface area contributed by atoms with Crippen molar-refractivity contribution < 1.29 is 27.4 Å². The van der Waals surface area contributed by atoms with Gasteiger partial charge in [-0.1, -0.05) is 23.8 Å². The Morgan fingerprint density at radius 3 is 2.50 bits per heavy atom. The summed E-state index contributed by atoms with van der Waals surface area (Å²) in [5.41, 5.74) is 6.54. The van der Waals surface area contributed by atoms with Gasteiger partial charge in [0.1, 0.15) is 34.5 Å². The highest BCUT2D eigenvalue weighted by atomic mass is 19.3. The minimum atomic E-state index is -3.88. The quantitative estimate of drug-likeness (QED) is 0.391. The maximum atomic E-state index is 15.1. The van der Waals surface area contributed by atoms with E-state index in [-0.39, 0.29) is 30.3 Å². The number of anilines is 1. The Labute approximate surface area is 202 Å². The molecule has 36 heavy (non-hydrogen) atoms. The number of ether oxygens (including phenoxy) is 1. The summed E-state index contributed by atoms with van der Waals surface area (Å²) in [4.78, 5) is 8.82. The van der Waals surface area contributed by atoms with Gasteiger partial charge in [0, 0.05) is 36.4 Å². The molecule has 2 aliphatic heterocycles. The molecule has 2 aromatic heterocycles. The number of rotatable bonds is 5. The van der Waals surface area contributed by atoms with Crippen LogP contribution >= 0.6 is 0 Å². The largest absolute Gasteiger partial charge is 0.393 e. The topological polar surface area (TPSA) is 85.7 Å². The number of aliphatic hydroxyl groups excluding tert-OH is 1. The first-order valence-electron chi connectivity index (χ1n) is 11.3. The number of hydrogen-bond donors (Lipinski definition) is 2. The number of benzene rings is 2. The number of halogens is 4. The zero-order chi connectivity index (χ0) is 25.2. The van der Waals surface area contributed by atoms with Gasteiger partial charge in [0.15, 0.2) is 0 Å². The number of nitrogens with two attached hydrogens (primary N) is 1. The molecule has 1 fully saturated rings. The van der Waals surface area contributed by atoms with Gasteiger partial charge >= 0.3 is 5.92 Å². The molecule has 4 heterocycles. The number of aliphatic hydroxyl groups is 1. The van der Waals surface area contributed by atoms with Crippen LogP contribution in [-0.2, 0) is 10.7 Å². The molecule has 184 valence electrons. The Bertz CT molecular complexity index is 1560. The molecule has 6 nitrogen and oxygen atoms in total. The summed E-state index contributed by atoms with van der Waals surface area (Å²) in [7, 11) is 0. The van der Waals surface area contributed by atoms with Crippen molar-refractivity contribution in [3.05, 3.63) is 89.0 Å². The summed E-state index contributed by atoms with van der Waals surface area (Å²) in [5, 5.41) is 9.60. The third-order valence-corrected chi connectivity index (χ3v) is 6.95. The summed E-state index contributed by atoms with van der Waals surface area (Å²) in [6, 6.07) is 7.57. The molecule has 10 heteroatoms. The van der Waals surface area contributed by atoms with Crippen molar-refractivity contribution in [2.45, 2.75) is 24.4 Å². The summed E-state index contributed by atoms with van der Waals surface area (Å²) >= 11 is 0. The van der Waals surface area contributed by atoms with Gasteiger partial charge in [0.25, 0.3) is 0 Å². The highest BCUT2D eigenvalue weighted by Gasteiger charge is 2.47. The van der Waals surface area contributed by atoms with Crippen LogP contribution in [0.15, 0.2) is 60.4 Å². The zero-order valence-electron chi connectivity index (χ0n) is 18.8. The Morgan fingerprint density at radius 2 is 1.83 bits per heavy atom. The Hall–Kier alpha value is -3.76. The van der Waals surface area contributed by atoms with Crippen LogP contribution in [0.25, 0.3) is 22.3 Å². The highest BCUT2D eigenvalue weighted by molar-refractivity contribution is 5.88. The lowest BCUT2D eigenvalue weighted by atomic mass is 9.71. The molecule has 0 unspecified atom stereocenters. The van der Waals surface area contributed by atoms with Crippen molar-refractivity contribution in [3.63, 3.8) is 0 Å². The van der Waals surface area contributed by atoms with E-state index in [1.54, 1.807) is 10.6 Å². The van der Waals surface area contributed by atoms with Crippen LogP contribution < -0.4 is 5.73 Å². The van der Waals surface area contributed by atoms with E-state index in [2.05, 4.69) is 4.98 Å². The average Bonchev–Trinajstić information content (AvgIpc) is 3.24. The Balaban J connectivity index is 1.46. The summed E-state index contributed by atoms with van der Waals surface area (Å²) in [5.74, 6) is -5.56. The Kier molecular flexibility index (Phi) is 4.96. The van der Waals surface area contributed by atoms with Crippen LogP contribution in [0.5, 0.6) is 0 Å². The molecule has 4 aromatic rings. The van der Waals surface area contributed by atoms with Gasteiger partial charge in [0.05, 0.1) is 29.9 Å². The van der Waals surface area contributed by atoms with Crippen molar-refractivity contribution in [2.24, 2.45) is 0 Å². The predicted molar refractivity (Wildman–Crippen MR) is 124 cm³/mol. The molecule has 2 aromatic carbocycles. The fourth-order valence-corrected chi connectivity index (χ4v) is 5.01. The maximum absolute atomic E-state index is 15.1. The van der Waals surface area contributed by atoms with Gasteiger partial charge in [-0.3, -0.25) is 4.40 Å². The maximum Gasteiger partial charge on any atom is 0.304 e. The SMILES string of the molecule is Nc1nccn2c(C3=C4CC(CO)(C4)OC3)nc(-c3ccc(C(F)(F)c4ccccc4F)c(F)c3)c12. The first kappa shape index (κ1) is 22.7. The number of aromatic nitrogens is 3. The van der Waals surface area contributed by atoms with Crippen molar-refractivity contribution >= 4 is 16.9 Å². The summed E-state index contributed by atoms with van der Waals surface area (Å²) < 4.78 is 66.9. The number of nitrogens with zero attached hydrogens (tertiary/aromatic N) is 3. The molecular formula is C26H20F4N4O2. The van der Waals surface area contributed by atoms with Crippen molar-refractivity contribution in [1.82, 2.24) is 14.4 Å². The zero-order valence-corrected chi connectivity index (χ0v) is 18.8. The molecule has 1 aliphatic carbocycles. The number of imidazole rings is 1. The smallest absolute Gasteiger partial charge is 0.304 e. The number of nitrogen functional groups attached to an aromatic ring is 1. The van der Waals surface area contributed by atoms with Gasteiger partial charge in [-0.25, -0.2) is 18.7 Å². The lowest BCUT2D eigenvalue weighted by Gasteiger charge is -2.47. The Morgan fingerprint density at radius 1 is 1.08 bits per heavy atom. The van der Waals surface area contributed by atoms with Gasteiger partial charge in [0.2, 0.25) is 0 Å². The minimum Gasteiger partial charge on any atom is -0.393 e. The molecule has 7 rings (SSSR count). The lowest BCUT2D eigenvalue weighted by molar-refractivity contribution is -0.103. The second-order valence-corrected chi connectivity index (χ2v) is 9.13. The number of hydrogen-bond acceptors (Lipinski definition) is 5. The molecule has 2 bridgehead atoms. The number of fused-ring (bicyclic) bond motifs is 3. The van der Waals surface area contributed by atoms with Gasteiger partial charge < -0.3 is 15.6 Å². The molecular weight excluding hydrogens is 476 g/mol. The van der Waals surface area contributed by atoms with E-state index in [9.17, 15) is 9.50 Å². The second kappa shape index (κ2) is 7.87. The average molecular weight is 496 g/mol. The van der Waals surface area contributed by atoms with Gasteiger partial charge in [-0.15, -0.1) is 0 Å². The molecule has 0 radical (unpaired) electrons. The lowest BCUT2D eigenvalue weighted by Crippen LogP contribution is -2.49. The third kappa shape index (κ3) is 3.25. The normalized spacial score (nSPS) is 16.9. The van der Waals surface area contributed by atoms with Crippen molar-refractivity contribution in [1.29, 1.82) is 0 Å². The minimum absolute atomic E-state index is 0.0721. The van der Waals surface area contributed by atoms with Crippen LogP contribution in [0.4, 0.5) is 23.4 Å². The molecule has 0 saturated heterocycles. The molecule has 1 saturated carbocycles. The van der Waals surface area contributed by atoms with E-state index in [1.165, 1.54) is 24.4 Å². The van der Waals surface area contributed by atoms with Crippen molar-refractivity contribution in [3.8, 4) is 11.3 Å². The molecule has 3 aliphatic rings. The van der Waals surface area contributed by atoms with Crippen LogP contribution in [0.1, 0.15) is 29.8 Å². The van der Waals surface area contributed by atoms with E-state index >= 15 is 13.2 Å². The van der Waals surface area contributed by atoms with E-state index in [0.717, 1.165) is 35.4 Å². The fourth-order valence-electron chi connectivity index (χ4n) is 5.01. The van der Waals surface area contributed by atoms with Crippen LogP contribution in [-0.4, -0.2) is 38.3 Å². The van der Waals surface area contributed by atoms with Crippen molar-refractivity contribution in [2.75, 3.05) is 18.9 Å². The van der Waals surface area contributed by atoms with Gasteiger partial charge in [-0.2, -0.15) is 8.78 Å². The van der Waals surface area contributed by atoms with E-state index < -0.39 is 34.3 Å². The molecule has 0 atom stereocenters. The predicted octanol–water partition coefficient (Wildman–Crippen LogP) is 4.71. The first-order chi connectivity index (χ1) is 17.2. The molecule has 0 amide bonds. The van der Waals surface area contributed by atoms with Crippen LogP contribution in [0, 0.1) is 11.6 Å². The van der Waals surface area contributed by atoms with Gasteiger partial charge in [-0.05, 0) is 24.3 Å². The van der Waals surface area contributed by atoms with Crippen LogP contribution in [0.3, 0.4) is 0 Å². The molecule has 3 N–H and O–H groups in total.